The van der Waals surface area contributed by atoms with Crippen molar-refractivity contribution in [3.63, 3.8) is 0 Å². The summed E-state index contributed by atoms with van der Waals surface area (Å²) in [5.41, 5.74) is 0.819. The molecule has 0 aliphatic heterocycles. The molecule has 0 bridgehead atoms. The van der Waals surface area contributed by atoms with Crippen LogP contribution in [0, 0.1) is 0 Å². The van der Waals surface area contributed by atoms with Gasteiger partial charge in [-0.3, -0.25) is 4.79 Å². The van der Waals surface area contributed by atoms with E-state index < -0.39 is 6.10 Å². The second-order valence-electron chi connectivity index (χ2n) is 5.95. The molecule has 28 heavy (non-hydrogen) atoms. The quantitative estimate of drug-likeness (QED) is 0.673. The normalized spacial score (nSPS) is 11.3. The van der Waals surface area contributed by atoms with Gasteiger partial charge in [0.05, 0.1) is 28.4 Å². The highest BCUT2D eigenvalue weighted by molar-refractivity contribution is 5.81. The van der Waals surface area contributed by atoms with Gasteiger partial charge in [-0.05, 0) is 36.2 Å². The fraction of sp³-hybridized carbons (Fsp3) is 0.381. The molecule has 2 aromatic rings. The standard InChI is InChI=1S/C21H27NO6/c1-6-17(28-16-9-7-8-15(12-16)24-2)21(23)22-13-14-10-18(25-3)20(27-5)19(11-14)26-4/h7-12,17H,6,13H2,1-5H3,(H,22,23)/t17-/m1/s1. The molecule has 2 rings (SSSR count). The summed E-state index contributed by atoms with van der Waals surface area (Å²) in [6, 6.07) is 10.8. The monoisotopic (exact) mass is 389 g/mol. The van der Waals surface area contributed by atoms with Gasteiger partial charge in [-0.2, -0.15) is 0 Å². The maximum atomic E-state index is 12.6. The lowest BCUT2D eigenvalue weighted by Gasteiger charge is -2.18. The Balaban J connectivity index is 2.06. The first kappa shape index (κ1) is 21.2. The van der Waals surface area contributed by atoms with Crippen molar-refractivity contribution in [1.82, 2.24) is 5.32 Å². The van der Waals surface area contributed by atoms with Crippen molar-refractivity contribution in [2.75, 3.05) is 28.4 Å². The Bertz CT molecular complexity index is 767. The Hall–Kier alpha value is -3.09. The summed E-state index contributed by atoms with van der Waals surface area (Å²) in [7, 11) is 6.23. The number of hydrogen-bond donors (Lipinski definition) is 1. The van der Waals surface area contributed by atoms with E-state index in [0.29, 0.717) is 41.7 Å². The van der Waals surface area contributed by atoms with E-state index in [4.69, 9.17) is 23.7 Å². The van der Waals surface area contributed by atoms with Gasteiger partial charge in [0, 0.05) is 12.6 Å². The van der Waals surface area contributed by atoms with E-state index in [-0.39, 0.29) is 5.91 Å². The molecule has 2 aromatic carbocycles. The van der Waals surface area contributed by atoms with Gasteiger partial charge in [-0.25, -0.2) is 0 Å². The molecule has 0 heterocycles. The summed E-state index contributed by atoms with van der Waals surface area (Å²) in [6.07, 6.45) is -0.0904. The van der Waals surface area contributed by atoms with Gasteiger partial charge in [0.25, 0.3) is 5.91 Å². The number of carbonyl (C=O) groups excluding carboxylic acids is 1. The topological polar surface area (TPSA) is 75.3 Å². The highest BCUT2D eigenvalue weighted by Crippen LogP contribution is 2.38. The van der Waals surface area contributed by atoms with Crippen LogP contribution in [-0.4, -0.2) is 40.5 Å². The zero-order chi connectivity index (χ0) is 20.5. The van der Waals surface area contributed by atoms with Crippen LogP contribution in [0.3, 0.4) is 0 Å². The SMILES string of the molecule is CC[C@@H](Oc1cccc(OC)c1)C(=O)NCc1cc(OC)c(OC)c(OC)c1. The fourth-order valence-corrected chi connectivity index (χ4v) is 2.70. The number of ether oxygens (including phenoxy) is 5. The first-order chi connectivity index (χ1) is 13.6. The number of hydrogen-bond acceptors (Lipinski definition) is 6. The van der Waals surface area contributed by atoms with Crippen LogP contribution in [0.2, 0.25) is 0 Å². The summed E-state index contributed by atoms with van der Waals surface area (Å²) in [5.74, 6) is 2.61. The van der Waals surface area contributed by atoms with Crippen molar-refractivity contribution in [2.24, 2.45) is 0 Å². The first-order valence-electron chi connectivity index (χ1n) is 8.93. The Morgan fingerprint density at radius 3 is 2.11 bits per heavy atom. The van der Waals surface area contributed by atoms with Crippen LogP contribution < -0.4 is 29.0 Å². The summed E-state index contributed by atoms with van der Waals surface area (Å²) in [4.78, 5) is 12.6. The lowest BCUT2D eigenvalue weighted by Crippen LogP contribution is -2.37. The molecule has 0 aliphatic carbocycles. The number of carbonyl (C=O) groups is 1. The molecule has 7 nitrogen and oxygen atoms in total. The molecule has 7 heteroatoms. The van der Waals surface area contributed by atoms with Crippen molar-refractivity contribution in [3.05, 3.63) is 42.0 Å². The molecule has 0 saturated heterocycles. The van der Waals surface area contributed by atoms with E-state index in [1.54, 1.807) is 52.7 Å². The number of rotatable bonds is 10. The second-order valence-corrected chi connectivity index (χ2v) is 5.95. The van der Waals surface area contributed by atoms with E-state index in [1.165, 1.54) is 0 Å². The third kappa shape index (κ3) is 5.22. The Kier molecular flexibility index (Phi) is 7.80. The van der Waals surface area contributed by atoms with Crippen molar-refractivity contribution >= 4 is 5.91 Å². The fourth-order valence-electron chi connectivity index (χ4n) is 2.70. The van der Waals surface area contributed by atoms with Gasteiger partial charge in [-0.15, -0.1) is 0 Å². The first-order valence-corrected chi connectivity index (χ1v) is 8.93. The summed E-state index contributed by atoms with van der Waals surface area (Å²) >= 11 is 0. The van der Waals surface area contributed by atoms with E-state index in [1.807, 2.05) is 19.1 Å². The highest BCUT2D eigenvalue weighted by Gasteiger charge is 2.19. The van der Waals surface area contributed by atoms with Crippen LogP contribution in [-0.2, 0) is 11.3 Å². The Labute approximate surface area is 165 Å². The molecular formula is C21H27NO6. The zero-order valence-corrected chi connectivity index (χ0v) is 16.9. The minimum Gasteiger partial charge on any atom is -0.497 e. The van der Waals surface area contributed by atoms with Crippen molar-refractivity contribution in [1.29, 1.82) is 0 Å². The van der Waals surface area contributed by atoms with E-state index in [0.717, 1.165) is 5.56 Å². The van der Waals surface area contributed by atoms with Gasteiger partial charge in [0.2, 0.25) is 5.75 Å². The van der Waals surface area contributed by atoms with Crippen LogP contribution >= 0.6 is 0 Å². The average Bonchev–Trinajstić information content (AvgIpc) is 2.74. The van der Waals surface area contributed by atoms with Crippen LogP contribution in [0.1, 0.15) is 18.9 Å². The van der Waals surface area contributed by atoms with E-state index in [9.17, 15) is 4.79 Å². The smallest absolute Gasteiger partial charge is 0.261 e. The third-order valence-corrected chi connectivity index (χ3v) is 4.17. The number of benzene rings is 2. The van der Waals surface area contributed by atoms with Crippen molar-refractivity contribution < 1.29 is 28.5 Å². The predicted octanol–water partition coefficient (Wildman–Crippen LogP) is 3.19. The van der Waals surface area contributed by atoms with Gasteiger partial charge < -0.3 is 29.0 Å². The number of amides is 1. The number of nitrogens with one attached hydrogen (secondary N) is 1. The second kappa shape index (κ2) is 10.3. The molecule has 0 spiro atoms. The van der Waals surface area contributed by atoms with Crippen molar-refractivity contribution in [2.45, 2.75) is 26.0 Å². The molecule has 0 aromatic heterocycles. The van der Waals surface area contributed by atoms with Gasteiger partial charge >= 0.3 is 0 Å². The molecule has 1 atom stereocenters. The molecule has 0 fully saturated rings. The summed E-state index contributed by atoms with van der Waals surface area (Å²) < 4.78 is 27.0. The van der Waals surface area contributed by atoms with E-state index >= 15 is 0 Å². The third-order valence-electron chi connectivity index (χ3n) is 4.17. The molecule has 1 N–H and O–H groups in total. The maximum Gasteiger partial charge on any atom is 0.261 e. The minimum atomic E-state index is -0.617. The summed E-state index contributed by atoms with van der Waals surface area (Å²) in [5, 5.41) is 2.89. The van der Waals surface area contributed by atoms with Gasteiger partial charge in [0.1, 0.15) is 11.5 Å². The average molecular weight is 389 g/mol. The molecule has 0 aliphatic rings. The summed E-state index contributed by atoms with van der Waals surface area (Å²) in [6.45, 7) is 2.19. The van der Waals surface area contributed by atoms with E-state index in [2.05, 4.69) is 5.32 Å². The molecule has 0 radical (unpaired) electrons. The van der Waals surface area contributed by atoms with Gasteiger partial charge in [0.15, 0.2) is 17.6 Å². The van der Waals surface area contributed by atoms with Crippen LogP contribution in [0.4, 0.5) is 0 Å². The van der Waals surface area contributed by atoms with Crippen molar-refractivity contribution in [3.8, 4) is 28.7 Å². The molecule has 152 valence electrons. The molecular weight excluding hydrogens is 362 g/mol. The zero-order valence-electron chi connectivity index (χ0n) is 16.9. The predicted molar refractivity (Wildman–Crippen MR) is 106 cm³/mol. The number of methoxy groups -OCH3 is 4. The Morgan fingerprint density at radius 2 is 1.57 bits per heavy atom. The lowest BCUT2D eigenvalue weighted by molar-refractivity contribution is -0.128. The van der Waals surface area contributed by atoms with Gasteiger partial charge in [-0.1, -0.05) is 13.0 Å². The van der Waals surface area contributed by atoms with Crippen LogP contribution in [0.5, 0.6) is 28.7 Å². The lowest BCUT2D eigenvalue weighted by atomic mass is 10.1. The largest absolute Gasteiger partial charge is 0.497 e. The molecule has 1 amide bonds. The van der Waals surface area contributed by atoms with Crippen LogP contribution in [0.25, 0.3) is 0 Å². The molecule has 0 saturated carbocycles. The molecule has 0 unspecified atom stereocenters. The minimum absolute atomic E-state index is 0.209. The maximum absolute atomic E-state index is 12.6. The highest BCUT2D eigenvalue weighted by atomic mass is 16.5. The van der Waals surface area contributed by atoms with Crippen LogP contribution in [0.15, 0.2) is 36.4 Å². The Morgan fingerprint density at radius 1 is 0.929 bits per heavy atom.